The predicted molar refractivity (Wildman–Crippen MR) is 63.1 cm³/mol. The third-order valence-electron chi connectivity index (χ3n) is 2.43. The fraction of sp³-hybridized carbons (Fsp3) is 0.333. The topological polar surface area (TPSA) is 86.5 Å². The zero-order chi connectivity index (χ0) is 14.6. The van der Waals surface area contributed by atoms with Crippen LogP contribution >= 0.6 is 0 Å². The molecule has 0 saturated carbocycles. The number of nitro benzene ring substituents is 1. The highest BCUT2D eigenvalue weighted by Gasteiger charge is 2.33. The first-order chi connectivity index (χ1) is 8.88. The summed E-state index contributed by atoms with van der Waals surface area (Å²) in [5, 5.41) is 10.9. The minimum atomic E-state index is -1.42. The van der Waals surface area contributed by atoms with Gasteiger partial charge in [-0.05, 0) is 26.0 Å². The zero-order valence-electron chi connectivity index (χ0n) is 10.4. The minimum Gasteiger partial charge on any atom is -0.465 e. The maximum atomic E-state index is 13.0. The summed E-state index contributed by atoms with van der Waals surface area (Å²) in [5.41, 5.74) is -0.786. The molecule has 0 aliphatic rings. The summed E-state index contributed by atoms with van der Waals surface area (Å²) in [6, 6.07) is 2.68. The summed E-state index contributed by atoms with van der Waals surface area (Å²) < 4.78 is 17.7. The van der Waals surface area contributed by atoms with Crippen LogP contribution in [0.15, 0.2) is 18.2 Å². The van der Waals surface area contributed by atoms with Crippen LogP contribution in [0.5, 0.6) is 0 Å². The number of nitro groups is 1. The Kier molecular flexibility index (Phi) is 4.68. The fourth-order valence-electron chi connectivity index (χ4n) is 1.66. The molecule has 19 heavy (non-hydrogen) atoms. The molecule has 1 atom stereocenters. The summed E-state index contributed by atoms with van der Waals surface area (Å²) in [6.45, 7) is 2.71. The zero-order valence-corrected chi connectivity index (χ0v) is 10.4. The van der Waals surface area contributed by atoms with Gasteiger partial charge in [-0.15, -0.1) is 0 Å². The number of rotatable bonds is 5. The van der Waals surface area contributed by atoms with Crippen LogP contribution < -0.4 is 0 Å². The number of carbonyl (C=O) groups is 2. The Morgan fingerprint density at radius 3 is 2.58 bits per heavy atom. The van der Waals surface area contributed by atoms with E-state index in [0.29, 0.717) is 6.07 Å². The molecule has 102 valence electrons. The number of nitrogens with zero attached hydrogens (tertiary/aromatic N) is 1. The van der Waals surface area contributed by atoms with Crippen molar-refractivity contribution < 1.29 is 23.6 Å². The van der Waals surface area contributed by atoms with Gasteiger partial charge in [0.1, 0.15) is 17.5 Å². The van der Waals surface area contributed by atoms with Gasteiger partial charge in [-0.2, -0.15) is 0 Å². The quantitative estimate of drug-likeness (QED) is 0.353. The number of ether oxygens (including phenoxy) is 1. The van der Waals surface area contributed by atoms with Gasteiger partial charge < -0.3 is 4.74 Å². The second-order valence-corrected chi connectivity index (χ2v) is 3.76. The molecular weight excluding hydrogens is 257 g/mol. The molecule has 1 rings (SSSR count). The van der Waals surface area contributed by atoms with E-state index in [1.165, 1.54) is 0 Å². The van der Waals surface area contributed by atoms with Gasteiger partial charge in [0.05, 0.1) is 23.2 Å². The second kappa shape index (κ2) is 6.03. The number of Topliss-reactive ketones (excluding diaryl/α,β-unsaturated/α-hetero) is 1. The molecule has 0 amide bonds. The van der Waals surface area contributed by atoms with Crippen LogP contribution in [0, 0.1) is 15.9 Å². The molecule has 0 radical (unpaired) electrons. The maximum Gasteiger partial charge on any atom is 0.321 e. The van der Waals surface area contributed by atoms with Crippen molar-refractivity contribution in [2.24, 2.45) is 0 Å². The molecule has 0 spiro atoms. The Morgan fingerprint density at radius 2 is 2.11 bits per heavy atom. The number of ketones is 1. The van der Waals surface area contributed by atoms with Gasteiger partial charge in [-0.25, -0.2) is 4.39 Å². The Balaban J connectivity index is 3.34. The number of carbonyl (C=O) groups excluding carboxylic acids is 2. The van der Waals surface area contributed by atoms with E-state index in [0.717, 1.165) is 19.1 Å². The molecule has 0 N–H and O–H groups in total. The van der Waals surface area contributed by atoms with Crippen molar-refractivity contribution in [2.75, 3.05) is 6.61 Å². The van der Waals surface area contributed by atoms with Crippen LogP contribution in [0.3, 0.4) is 0 Å². The summed E-state index contributed by atoms with van der Waals surface area (Å²) in [4.78, 5) is 33.2. The van der Waals surface area contributed by atoms with Crippen molar-refractivity contribution in [1.82, 2.24) is 0 Å². The molecule has 1 unspecified atom stereocenters. The van der Waals surface area contributed by atoms with Crippen LogP contribution in [-0.4, -0.2) is 23.3 Å². The Morgan fingerprint density at radius 1 is 1.47 bits per heavy atom. The largest absolute Gasteiger partial charge is 0.465 e. The number of benzene rings is 1. The molecule has 1 aromatic carbocycles. The highest BCUT2D eigenvalue weighted by molar-refractivity contribution is 6.04. The number of halogens is 1. The molecule has 7 heteroatoms. The van der Waals surface area contributed by atoms with E-state index in [1.807, 2.05) is 0 Å². The van der Waals surface area contributed by atoms with Crippen molar-refractivity contribution in [3.63, 3.8) is 0 Å². The Labute approximate surface area is 108 Å². The number of esters is 1. The molecule has 6 nitrogen and oxygen atoms in total. The highest BCUT2D eigenvalue weighted by atomic mass is 19.1. The third kappa shape index (κ3) is 3.34. The normalized spacial score (nSPS) is 11.7. The van der Waals surface area contributed by atoms with Gasteiger partial charge in [0, 0.05) is 0 Å². The fourth-order valence-corrected chi connectivity index (χ4v) is 1.66. The first-order valence-electron chi connectivity index (χ1n) is 5.49. The van der Waals surface area contributed by atoms with Crippen molar-refractivity contribution in [2.45, 2.75) is 19.8 Å². The third-order valence-corrected chi connectivity index (χ3v) is 2.43. The SMILES string of the molecule is CCOC(=O)C(C(C)=O)c1ccc(F)cc1[N+](=O)[O-]. The van der Waals surface area contributed by atoms with Crippen LogP contribution in [0.2, 0.25) is 0 Å². The molecular formula is C12H12FNO5. The van der Waals surface area contributed by atoms with E-state index in [2.05, 4.69) is 0 Å². The van der Waals surface area contributed by atoms with Crippen LogP contribution in [-0.2, 0) is 14.3 Å². The average Bonchev–Trinajstić information content (AvgIpc) is 2.31. The van der Waals surface area contributed by atoms with Gasteiger partial charge >= 0.3 is 5.97 Å². The predicted octanol–water partition coefficient (Wildman–Crippen LogP) is 1.97. The monoisotopic (exact) mass is 269 g/mol. The molecule has 0 fully saturated rings. The van der Waals surface area contributed by atoms with Crippen molar-refractivity contribution in [3.8, 4) is 0 Å². The second-order valence-electron chi connectivity index (χ2n) is 3.76. The average molecular weight is 269 g/mol. The van der Waals surface area contributed by atoms with Crippen LogP contribution in [0.4, 0.5) is 10.1 Å². The van der Waals surface area contributed by atoms with Crippen LogP contribution in [0.25, 0.3) is 0 Å². The summed E-state index contributed by atoms with van der Waals surface area (Å²) in [6.07, 6.45) is 0. The number of hydrogen-bond acceptors (Lipinski definition) is 5. The molecule has 0 aliphatic heterocycles. The molecule has 0 saturated heterocycles. The van der Waals surface area contributed by atoms with E-state index in [4.69, 9.17) is 4.74 Å². The van der Waals surface area contributed by atoms with Crippen molar-refractivity contribution in [1.29, 1.82) is 0 Å². The summed E-state index contributed by atoms with van der Waals surface area (Å²) >= 11 is 0. The van der Waals surface area contributed by atoms with Gasteiger partial charge in [0.25, 0.3) is 5.69 Å². The summed E-state index contributed by atoms with van der Waals surface area (Å²) in [5.74, 6) is -3.72. The lowest BCUT2D eigenvalue weighted by molar-refractivity contribution is -0.385. The number of hydrogen-bond donors (Lipinski definition) is 0. The molecule has 0 heterocycles. The van der Waals surface area contributed by atoms with Crippen LogP contribution in [0.1, 0.15) is 25.3 Å². The maximum absolute atomic E-state index is 13.0. The van der Waals surface area contributed by atoms with E-state index < -0.39 is 34.1 Å². The van der Waals surface area contributed by atoms with E-state index in [-0.39, 0.29) is 12.2 Å². The molecule has 0 aliphatic carbocycles. The molecule has 1 aromatic rings. The molecule has 0 aromatic heterocycles. The Hall–Kier alpha value is -2.31. The van der Waals surface area contributed by atoms with Gasteiger partial charge in [0.15, 0.2) is 0 Å². The van der Waals surface area contributed by atoms with Gasteiger partial charge in [0.2, 0.25) is 0 Å². The lowest BCUT2D eigenvalue weighted by Gasteiger charge is -2.13. The van der Waals surface area contributed by atoms with Gasteiger partial charge in [-0.1, -0.05) is 0 Å². The van der Waals surface area contributed by atoms with Crippen molar-refractivity contribution in [3.05, 3.63) is 39.7 Å². The lowest BCUT2D eigenvalue weighted by atomic mass is 9.94. The van der Waals surface area contributed by atoms with Gasteiger partial charge in [-0.3, -0.25) is 19.7 Å². The highest BCUT2D eigenvalue weighted by Crippen LogP contribution is 2.29. The standard InChI is InChI=1S/C12H12FNO5/c1-3-19-12(16)11(7(2)15)9-5-4-8(13)6-10(9)14(17)18/h4-6,11H,3H2,1-2H3. The smallest absolute Gasteiger partial charge is 0.321 e. The van der Waals surface area contributed by atoms with E-state index in [1.54, 1.807) is 6.92 Å². The summed E-state index contributed by atoms with van der Waals surface area (Å²) in [7, 11) is 0. The van der Waals surface area contributed by atoms with Crippen molar-refractivity contribution >= 4 is 17.4 Å². The first kappa shape index (κ1) is 14.7. The van der Waals surface area contributed by atoms with E-state index in [9.17, 15) is 24.1 Å². The Bertz CT molecular complexity index is 529. The first-order valence-corrected chi connectivity index (χ1v) is 5.49. The molecule has 0 bridgehead atoms. The lowest BCUT2D eigenvalue weighted by Crippen LogP contribution is -2.23. The van der Waals surface area contributed by atoms with E-state index >= 15 is 0 Å². The minimum absolute atomic E-state index is 0.0393.